The van der Waals surface area contributed by atoms with Gasteiger partial charge in [-0.15, -0.1) is 5.10 Å². The smallest absolute Gasteiger partial charge is 0.417 e. The zero-order chi connectivity index (χ0) is 20.5. The molecule has 2 aromatic carbocycles. The molecule has 1 aromatic heterocycles. The van der Waals surface area contributed by atoms with Gasteiger partial charge in [-0.2, -0.15) is 31.6 Å². The van der Waals surface area contributed by atoms with Crippen LogP contribution in [-0.2, 0) is 12.4 Å². The van der Waals surface area contributed by atoms with Crippen LogP contribution in [0, 0.1) is 11.3 Å². The van der Waals surface area contributed by atoms with E-state index in [1.807, 2.05) is 0 Å². The SMILES string of the molecule is N#Cc1[nH]nnc1-c1ccc(Oc2cccc(C(F)(F)F)c2)cc1C(F)(F)F. The van der Waals surface area contributed by atoms with Crippen molar-refractivity contribution in [2.75, 3.05) is 0 Å². The number of benzene rings is 2. The van der Waals surface area contributed by atoms with Crippen molar-refractivity contribution >= 4 is 0 Å². The summed E-state index contributed by atoms with van der Waals surface area (Å²) in [6.45, 7) is 0. The summed E-state index contributed by atoms with van der Waals surface area (Å²) in [5, 5.41) is 17.9. The number of hydrogen-bond acceptors (Lipinski definition) is 4. The van der Waals surface area contributed by atoms with E-state index in [1.165, 1.54) is 6.07 Å². The number of aromatic nitrogens is 3. The molecular formula is C17H8F6N4O. The highest BCUT2D eigenvalue weighted by Gasteiger charge is 2.36. The third kappa shape index (κ3) is 3.90. The minimum atomic E-state index is -4.84. The van der Waals surface area contributed by atoms with Gasteiger partial charge < -0.3 is 4.74 Å². The van der Waals surface area contributed by atoms with E-state index in [2.05, 4.69) is 15.4 Å². The second-order valence-electron chi connectivity index (χ2n) is 5.48. The molecule has 0 saturated heterocycles. The first kappa shape index (κ1) is 19.2. The Hall–Kier alpha value is -3.55. The molecule has 5 nitrogen and oxygen atoms in total. The van der Waals surface area contributed by atoms with Gasteiger partial charge in [0.1, 0.15) is 23.3 Å². The third-order valence-corrected chi connectivity index (χ3v) is 3.61. The number of nitrogens with one attached hydrogen (secondary N) is 1. The van der Waals surface area contributed by atoms with Crippen molar-refractivity contribution in [3.8, 4) is 28.8 Å². The minimum Gasteiger partial charge on any atom is -0.457 e. The van der Waals surface area contributed by atoms with Crippen LogP contribution in [0.15, 0.2) is 42.5 Å². The number of nitrogens with zero attached hydrogens (tertiary/aromatic N) is 3. The molecule has 11 heteroatoms. The van der Waals surface area contributed by atoms with Crippen LogP contribution in [0.2, 0.25) is 0 Å². The molecule has 0 spiro atoms. The second kappa shape index (κ2) is 6.88. The Labute approximate surface area is 153 Å². The lowest BCUT2D eigenvalue weighted by Crippen LogP contribution is -2.08. The molecule has 0 unspecified atom stereocenters. The summed E-state index contributed by atoms with van der Waals surface area (Å²) in [4.78, 5) is 0. The first-order chi connectivity index (χ1) is 13.1. The van der Waals surface area contributed by atoms with Gasteiger partial charge in [0, 0.05) is 5.56 Å². The lowest BCUT2D eigenvalue weighted by Gasteiger charge is -2.14. The van der Waals surface area contributed by atoms with Crippen LogP contribution < -0.4 is 4.74 Å². The summed E-state index contributed by atoms with van der Waals surface area (Å²) in [5.74, 6) is -0.618. The average Bonchev–Trinajstić information content (AvgIpc) is 3.09. The highest BCUT2D eigenvalue weighted by atomic mass is 19.4. The monoisotopic (exact) mass is 398 g/mol. The molecule has 0 radical (unpaired) electrons. The number of alkyl halides is 6. The summed E-state index contributed by atoms with van der Waals surface area (Å²) in [5.41, 5.74) is -3.17. The van der Waals surface area contributed by atoms with Crippen molar-refractivity contribution in [3.05, 3.63) is 59.3 Å². The lowest BCUT2D eigenvalue weighted by atomic mass is 10.0. The summed E-state index contributed by atoms with van der Waals surface area (Å²) in [6, 6.07) is 8.13. The van der Waals surface area contributed by atoms with Gasteiger partial charge in [0.15, 0.2) is 5.69 Å². The van der Waals surface area contributed by atoms with Crippen molar-refractivity contribution in [3.63, 3.8) is 0 Å². The molecule has 1 heterocycles. The normalized spacial score (nSPS) is 11.9. The molecule has 0 amide bonds. The van der Waals surface area contributed by atoms with E-state index in [0.717, 1.165) is 24.3 Å². The Morgan fingerprint density at radius 3 is 2.29 bits per heavy atom. The molecule has 0 saturated carbocycles. The fraction of sp³-hybridized carbons (Fsp3) is 0.118. The van der Waals surface area contributed by atoms with Crippen LogP contribution in [0.5, 0.6) is 11.5 Å². The number of hydrogen-bond donors (Lipinski definition) is 1. The van der Waals surface area contributed by atoms with Crippen LogP contribution in [0.4, 0.5) is 26.3 Å². The van der Waals surface area contributed by atoms with Crippen molar-refractivity contribution in [2.24, 2.45) is 0 Å². The first-order valence-electron chi connectivity index (χ1n) is 7.47. The van der Waals surface area contributed by atoms with Crippen LogP contribution in [0.25, 0.3) is 11.3 Å². The van der Waals surface area contributed by atoms with Gasteiger partial charge in [-0.3, -0.25) is 0 Å². The number of halogens is 6. The maximum absolute atomic E-state index is 13.5. The maximum atomic E-state index is 13.5. The van der Waals surface area contributed by atoms with Crippen LogP contribution in [-0.4, -0.2) is 15.4 Å². The Kier molecular flexibility index (Phi) is 4.72. The summed E-state index contributed by atoms with van der Waals surface area (Å²) < 4.78 is 83.9. The van der Waals surface area contributed by atoms with E-state index in [1.54, 1.807) is 6.07 Å². The average molecular weight is 398 g/mol. The first-order valence-corrected chi connectivity index (χ1v) is 7.47. The van der Waals surface area contributed by atoms with Crippen LogP contribution in [0.3, 0.4) is 0 Å². The molecule has 0 fully saturated rings. The van der Waals surface area contributed by atoms with E-state index in [0.29, 0.717) is 12.1 Å². The number of nitriles is 1. The molecule has 3 aromatic rings. The molecule has 1 N–H and O–H groups in total. The molecule has 0 aliphatic rings. The summed E-state index contributed by atoms with van der Waals surface area (Å²) >= 11 is 0. The van der Waals surface area contributed by atoms with Crippen molar-refractivity contribution < 1.29 is 31.1 Å². The molecule has 144 valence electrons. The summed E-state index contributed by atoms with van der Waals surface area (Å²) in [6.07, 6.45) is -9.46. The van der Waals surface area contributed by atoms with Gasteiger partial charge in [0.05, 0.1) is 11.1 Å². The Balaban J connectivity index is 2.02. The van der Waals surface area contributed by atoms with Crippen LogP contribution >= 0.6 is 0 Å². The topological polar surface area (TPSA) is 74.6 Å². The van der Waals surface area contributed by atoms with E-state index in [4.69, 9.17) is 10.00 Å². The zero-order valence-electron chi connectivity index (χ0n) is 13.6. The maximum Gasteiger partial charge on any atom is 0.417 e. The molecule has 0 aliphatic carbocycles. The third-order valence-electron chi connectivity index (χ3n) is 3.61. The van der Waals surface area contributed by atoms with Gasteiger partial charge in [0.25, 0.3) is 0 Å². The highest BCUT2D eigenvalue weighted by molar-refractivity contribution is 5.69. The van der Waals surface area contributed by atoms with Gasteiger partial charge in [0.2, 0.25) is 0 Å². The predicted octanol–water partition coefficient (Wildman–Crippen LogP) is 5.17. The molecular weight excluding hydrogens is 390 g/mol. The van der Waals surface area contributed by atoms with Crippen LogP contribution in [0.1, 0.15) is 16.8 Å². The number of rotatable bonds is 3. The molecule has 0 bridgehead atoms. The van der Waals surface area contributed by atoms with E-state index in [9.17, 15) is 26.3 Å². The molecule has 0 aliphatic heterocycles. The second-order valence-corrected chi connectivity index (χ2v) is 5.48. The Morgan fingerprint density at radius 2 is 1.64 bits per heavy atom. The van der Waals surface area contributed by atoms with Crippen molar-refractivity contribution in [1.82, 2.24) is 15.4 Å². The molecule has 28 heavy (non-hydrogen) atoms. The zero-order valence-corrected chi connectivity index (χ0v) is 13.6. The van der Waals surface area contributed by atoms with Gasteiger partial charge >= 0.3 is 12.4 Å². The fourth-order valence-corrected chi connectivity index (χ4v) is 2.39. The van der Waals surface area contributed by atoms with Gasteiger partial charge in [-0.1, -0.05) is 11.3 Å². The van der Waals surface area contributed by atoms with Gasteiger partial charge in [-0.25, -0.2) is 5.10 Å². The summed E-state index contributed by atoms with van der Waals surface area (Å²) in [7, 11) is 0. The van der Waals surface area contributed by atoms with Gasteiger partial charge in [-0.05, 0) is 36.4 Å². The minimum absolute atomic E-state index is 0.267. The van der Waals surface area contributed by atoms with E-state index in [-0.39, 0.29) is 22.9 Å². The van der Waals surface area contributed by atoms with Crippen molar-refractivity contribution in [2.45, 2.75) is 12.4 Å². The highest BCUT2D eigenvalue weighted by Crippen LogP contribution is 2.40. The molecule has 3 rings (SSSR count). The quantitative estimate of drug-likeness (QED) is 0.618. The number of aromatic amines is 1. The van der Waals surface area contributed by atoms with E-state index >= 15 is 0 Å². The number of H-pyrrole nitrogens is 1. The lowest BCUT2D eigenvalue weighted by molar-refractivity contribution is -0.138. The number of ether oxygens (including phenoxy) is 1. The Bertz CT molecular complexity index is 1050. The standard InChI is InChI=1S/C17H8F6N4O/c18-16(19,20)9-2-1-3-10(6-9)28-11-4-5-12(13(7-11)17(21,22)23)15-14(8-24)25-27-26-15/h1-7H,(H,25,26,27). The van der Waals surface area contributed by atoms with E-state index < -0.39 is 29.0 Å². The largest absolute Gasteiger partial charge is 0.457 e. The fourth-order valence-electron chi connectivity index (χ4n) is 2.39. The Morgan fingerprint density at radius 1 is 0.929 bits per heavy atom. The predicted molar refractivity (Wildman–Crippen MR) is 83.1 cm³/mol. The molecule has 0 atom stereocenters. The van der Waals surface area contributed by atoms with Crippen molar-refractivity contribution in [1.29, 1.82) is 5.26 Å².